The Kier molecular flexibility index (Phi) is 6.95. The number of nitrogens with zero attached hydrogens (tertiary/aromatic N) is 1. The number of hydrogen-bond donors (Lipinski definition) is 2. The topological polar surface area (TPSA) is 68.0 Å². The molecule has 1 aliphatic carbocycles. The molecular weight excluding hydrogens is 378 g/mol. The Morgan fingerprint density at radius 2 is 2.03 bits per heavy atom. The first-order valence-corrected chi connectivity index (χ1v) is 11.1. The van der Waals surface area contributed by atoms with Gasteiger partial charge in [-0.05, 0) is 55.5 Å². The van der Waals surface area contributed by atoms with Gasteiger partial charge in [-0.3, -0.25) is 0 Å². The van der Waals surface area contributed by atoms with E-state index in [1.165, 1.54) is 25.7 Å². The highest BCUT2D eigenvalue weighted by molar-refractivity contribution is 5.80. The number of guanidine groups is 1. The van der Waals surface area contributed by atoms with E-state index in [-0.39, 0.29) is 5.60 Å². The number of nitrogens with one attached hydrogen (secondary N) is 2. The smallest absolute Gasteiger partial charge is 0.191 e. The standard InChI is InChI=1S/C24H33N3O3/c1-28-21-8-6-19(7-9-21)18-26-23(25-14-10-22-5-4-15-29-22)27-20-11-16-30-24(17-20)12-2-3-13-24/h4-9,15,20H,2-3,10-14,16-18H2,1H3,(H2,25,26,27). The summed E-state index contributed by atoms with van der Waals surface area (Å²) in [6.07, 6.45) is 9.57. The van der Waals surface area contributed by atoms with Crippen LogP contribution in [0.5, 0.6) is 5.75 Å². The number of hydrogen-bond acceptors (Lipinski definition) is 4. The first-order valence-electron chi connectivity index (χ1n) is 11.1. The van der Waals surface area contributed by atoms with Crippen LogP contribution in [0.3, 0.4) is 0 Å². The summed E-state index contributed by atoms with van der Waals surface area (Å²) in [5.74, 6) is 2.70. The van der Waals surface area contributed by atoms with Crippen molar-refractivity contribution >= 4 is 5.96 Å². The molecule has 1 aromatic carbocycles. The molecule has 0 bridgehead atoms. The third kappa shape index (κ3) is 5.57. The molecule has 30 heavy (non-hydrogen) atoms. The quantitative estimate of drug-likeness (QED) is 0.531. The lowest BCUT2D eigenvalue weighted by molar-refractivity contribution is -0.0815. The number of ether oxygens (including phenoxy) is 2. The van der Waals surface area contributed by atoms with Crippen LogP contribution in [0, 0.1) is 0 Å². The first kappa shape index (κ1) is 20.8. The van der Waals surface area contributed by atoms with E-state index in [0.29, 0.717) is 12.6 Å². The van der Waals surface area contributed by atoms with Gasteiger partial charge >= 0.3 is 0 Å². The van der Waals surface area contributed by atoms with Crippen LogP contribution in [0.4, 0.5) is 0 Å². The molecule has 2 aliphatic rings. The summed E-state index contributed by atoms with van der Waals surface area (Å²) >= 11 is 0. The maximum Gasteiger partial charge on any atom is 0.191 e. The van der Waals surface area contributed by atoms with Crippen LogP contribution in [0.25, 0.3) is 0 Å². The van der Waals surface area contributed by atoms with Crippen molar-refractivity contribution in [2.24, 2.45) is 4.99 Å². The van der Waals surface area contributed by atoms with Crippen molar-refractivity contribution in [3.05, 3.63) is 54.0 Å². The summed E-state index contributed by atoms with van der Waals surface area (Å²) < 4.78 is 16.9. The fourth-order valence-electron chi connectivity index (χ4n) is 4.52. The minimum atomic E-state index is 0.0885. The Hall–Kier alpha value is -2.47. The average molecular weight is 412 g/mol. The molecule has 1 atom stereocenters. The highest BCUT2D eigenvalue weighted by Gasteiger charge is 2.40. The van der Waals surface area contributed by atoms with Gasteiger partial charge in [0.25, 0.3) is 0 Å². The first-order chi connectivity index (χ1) is 14.7. The number of methoxy groups -OCH3 is 1. The SMILES string of the molecule is COc1ccc(CN=C(NCCc2ccco2)NC2CCOC3(CCCC3)C2)cc1. The lowest BCUT2D eigenvalue weighted by Gasteiger charge is -2.39. The van der Waals surface area contributed by atoms with Crippen molar-refractivity contribution < 1.29 is 13.9 Å². The second-order valence-corrected chi connectivity index (χ2v) is 8.34. The number of furan rings is 1. The van der Waals surface area contributed by atoms with Crippen LogP contribution < -0.4 is 15.4 Å². The molecule has 2 fully saturated rings. The Bertz CT molecular complexity index is 796. The van der Waals surface area contributed by atoms with Gasteiger partial charge in [0.15, 0.2) is 5.96 Å². The molecule has 6 heteroatoms. The Morgan fingerprint density at radius 3 is 2.77 bits per heavy atom. The van der Waals surface area contributed by atoms with Gasteiger partial charge in [0.05, 0.1) is 25.5 Å². The van der Waals surface area contributed by atoms with E-state index < -0.39 is 0 Å². The zero-order valence-corrected chi connectivity index (χ0v) is 17.9. The molecule has 2 N–H and O–H groups in total. The monoisotopic (exact) mass is 411 g/mol. The highest BCUT2D eigenvalue weighted by Crippen LogP contribution is 2.39. The van der Waals surface area contributed by atoms with Gasteiger partial charge in [0.2, 0.25) is 0 Å². The van der Waals surface area contributed by atoms with Crippen molar-refractivity contribution in [2.75, 3.05) is 20.3 Å². The van der Waals surface area contributed by atoms with E-state index in [0.717, 1.165) is 55.4 Å². The van der Waals surface area contributed by atoms with Crippen LogP contribution >= 0.6 is 0 Å². The Morgan fingerprint density at radius 1 is 1.20 bits per heavy atom. The third-order valence-corrected chi connectivity index (χ3v) is 6.17. The maximum absolute atomic E-state index is 6.19. The summed E-state index contributed by atoms with van der Waals surface area (Å²) in [7, 11) is 1.68. The average Bonchev–Trinajstić information content (AvgIpc) is 3.45. The van der Waals surface area contributed by atoms with Gasteiger partial charge in [0, 0.05) is 25.6 Å². The second kappa shape index (κ2) is 10.0. The summed E-state index contributed by atoms with van der Waals surface area (Å²) in [4.78, 5) is 4.86. The van der Waals surface area contributed by atoms with E-state index in [4.69, 9.17) is 18.9 Å². The van der Waals surface area contributed by atoms with Gasteiger partial charge in [-0.15, -0.1) is 0 Å². The van der Waals surface area contributed by atoms with Gasteiger partial charge in [-0.1, -0.05) is 25.0 Å². The fraction of sp³-hybridized carbons (Fsp3) is 0.542. The van der Waals surface area contributed by atoms with Crippen molar-refractivity contribution in [2.45, 2.75) is 63.1 Å². The molecule has 1 unspecified atom stereocenters. The molecule has 1 saturated carbocycles. The number of aliphatic imine (C=N–C) groups is 1. The predicted molar refractivity (Wildman–Crippen MR) is 118 cm³/mol. The Labute approximate surface area is 179 Å². The molecule has 162 valence electrons. The molecule has 0 radical (unpaired) electrons. The van der Waals surface area contributed by atoms with Crippen LogP contribution in [0.1, 0.15) is 49.8 Å². The van der Waals surface area contributed by atoms with Crippen molar-refractivity contribution in [3.8, 4) is 5.75 Å². The zero-order valence-electron chi connectivity index (χ0n) is 17.9. The van der Waals surface area contributed by atoms with Crippen LogP contribution in [0.15, 0.2) is 52.1 Å². The second-order valence-electron chi connectivity index (χ2n) is 8.34. The van der Waals surface area contributed by atoms with Crippen molar-refractivity contribution in [1.82, 2.24) is 10.6 Å². The van der Waals surface area contributed by atoms with E-state index >= 15 is 0 Å². The van der Waals surface area contributed by atoms with Crippen LogP contribution in [0.2, 0.25) is 0 Å². The summed E-state index contributed by atoms with van der Waals surface area (Å²) in [5.41, 5.74) is 1.24. The normalized spacial score (nSPS) is 21.0. The Balaban J connectivity index is 1.38. The molecule has 2 aromatic rings. The molecular formula is C24H33N3O3. The van der Waals surface area contributed by atoms with E-state index in [9.17, 15) is 0 Å². The molecule has 1 spiro atoms. The molecule has 4 rings (SSSR count). The summed E-state index contributed by atoms with van der Waals surface area (Å²) in [6, 6.07) is 12.4. The highest BCUT2D eigenvalue weighted by atomic mass is 16.5. The minimum absolute atomic E-state index is 0.0885. The zero-order chi connectivity index (χ0) is 20.7. The minimum Gasteiger partial charge on any atom is -0.497 e. The molecule has 6 nitrogen and oxygen atoms in total. The predicted octanol–water partition coefficient (Wildman–Crippen LogP) is 4.06. The van der Waals surface area contributed by atoms with E-state index in [2.05, 4.69) is 22.8 Å². The van der Waals surface area contributed by atoms with Gasteiger partial charge in [-0.2, -0.15) is 0 Å². The van der Waals surface area contributed by atoms with Crippen LogP contribution in [-0.2, 0) is 17.7 Å². The fourth-order valence-corrected chi connectivity index (χ4v) is 4.52. The molecule has 2 heterocycles. The molecule has 1 aliphatic heterocycles. The third-order valence-electron chi connectivity index (χ3n) is 6.17. The molecule has 0 amide bonds. The van der Waals surface area contributed by atoms with Gasteiger partial charge in [0.1, 0.15) is 11.5 Å². The number of benzene rings is 1. The lowest BCUT2D eigenvalue weighted by atomic mass is 9.89. The largest absolute Gasteiger partial charge is 0.497 e. The number of rotatable bonds is 7. The molecule has 1 aromatic heterocycles. The van der Waals surface area contributed by atoms with Crippen LogP contribution in [-0.4, -0.2) is 37.9 Å². The van der Waals surface area contributed by atoms with Gasteiger partial charge in [-0.25, -0.2) is 4.99 Å². The van der Waals surface area contributed by atoms with E-state index in [1.54, 1.807) is 13.4 Å². The van der Waals surface area contributed by atoms with Crippen molar-refractivity contribution in [1.29, 1.82) is 0 Å². The summed E-state index contributed by atoms with van der Waals surface area (Å²) in [5, 5.41) is 7.17. The van der Waals surface area contributed by atoms with E-state index in [1.807, 2.05) is 24.3 Å². The maximum atomic E-state index is 6.19. The summed E-state index contributed by atoms with van der Waals surface area (Å²) in [6.45, 7) is 2.22. The van der Waals surface area contributed by atoms with Gasteiger partial charge < -0.3 is 24.5 Å². The lowest BCUT2D eigenvalue weighted by Crippen LogP contribution is -2.51. The van der Waals surface area contributed by atoms with Crippen molar-refractivity contribution in [3.63, 3.8) is 0 Å². The molecule has 1 saturated heterocycles.